The van der Waals surface area contributed by atoms with E-state index in [4.69, 9.17) is 25.8 Å². The molecule has 3 aromatic rings. The Bertz CT molecular complexity index is 1310. The van der Waals surface area contributed by atoms with Crippen molar-refractivity contribution in [2.75, 3.05) is 24.8 Å². The van der Waals surface area contributed by atoms with Crippen molar-refractivity contribution in [3.8, 4) is 17.2 Å². The van der Waals surface area contributed by atoms with Gasteiger partial charge in [0.2, 0.25) is 12.7 Å². The van der Waals surface area contributed by atoms with Crippen LogP contribution in [0, 0.1) is 6.92 Å². The first-order valence-electron chi connectivity index (χ1n) is 10.4. The molecule has 1 aliphatic rings. The third kappa shape index (κ3) is 5.05. The zero-order chi connectivity index (χ0) is 24.3. The molecule has 1 heterocycles. The van der Waals surface area contributed by atoms with Crippen LogP contribution in [0.5, 0.6) is 17.2 Å². The molecule has 34 heavy (non-hydrogen) atoms. The summed E-state index contributed by atoms with van der Waals surface area (Å²) in [5.41, 5.74) is 1.85. The minimum atomic E-state index is -4.11. The molecule has 10 heteroatoms. The highest BCUT2D eigenvalue weighted by molar-refractivity contribution is 7.92. The van der Waals surface area contributed by atoms with E-state index in [1.54, 1.807) is 42.5 Å². The van der Waals surface area contributed by atoms with Gasteiger partial charge >= 0.3 is 0 Å². The van der Waals surface area contributed by atoms with Crippen molar-refractivity contribution in [3.63, 3.8) is 0 Å². The predicted octanol–water partition coefficient (Wildman–Crippen LogP) is 3.90. The number of fused-ring (bicyclic) bond motifs is 1. The molecule has 0 radical (unpaired) electrons. The molecule has 0 spiro atoms. The van der Waals surface area contributed by atoms with Gasteiger partial charge < -0.3 is 19.5 Å². The SMILES string of the molecule is COc1ccc(Cl)cc1N(CC(=O)NCc1ccc2c(c1)OCO2)S(=O)(=O)c1ccc(C)cc1. The number of benzene rings is 3. The monoisotopic (exact) mass is 502 g/mol. The standard InChI is InChI=1S/C24H23ClN2O6S/c1-16-3-7-19(8-4-16)34(29,30)27(20-12-18(25)6-10-21(20)31-2)14-24(28)26-13-17-5-9-22-23(11-17)33-15-32-22/h3-12H,13-15H2,1-2H3,(H,26,28). The van der Waals surface area contributed by atoms with Crippen molar-refractivity contribution in [1.82, 2.24) is 5.32 Å². The molecule has 1 amide bonds. The molecule has 0 bridgehead atoms. The number of anilines is 1. The lowest BCUT2D eigenvalue weighted by molar-refractivity contribution is -0.119. The average Bonchev–Trinajstić information content (AvgIpc) is 3.29. The highest BCUT2D eigenvalue weighted by atomic mass is 35.5. The Morgan fingerprint density at radius 2 is 1.79 bits per heavy atom. The first-order chi connectivity index (χ1) is 16.3. The maximum atomic E-state index is 13.6. The lowest BCUT2D eigenvalue weighted by Crippen LogP contribution is -2.40. The van der Waals surface area contributed by atoms with Gasteiger partial charge in [-0.2, -0.15) is 0 Å². The molecule has 0 saturated carbocycles. The quantitative estimate of drug-likeness (QED) is 0.502. The van der Waals surface area contributed by atoms with E-state index >= 15 is 0 Å². The van der Waals surface area contributed by atoms with Crippen LogP contribution in [0.25, 0.3) is 0 Å². The molecule has 3 aromatic carbocycles. The second-order valence-corrected chi connectivity index (χ2v) is 9.90. The van der Waals surface area contributed by atoms with Crippen LogP contribution in [0.4, 0.5) is 5.69 Å². The number of nitrogens with one attached hydrogen (secondary N) is 1. The zero-order valence-corrected chi connectivity index (χ0v) is 20.2. The third-order valence-corrected chi connectivity index (χ3v) is 7.24. The minimum absolute atomic E-state index is 0.0451. The van der Waals surface area contributed by atoms with Crippen molar-refractivity contribution in [3.05, 3.63) is 76.8 Å². The van der Waals surface area contributed by atoms with Gasteiger partial charge in [0, 0.05) is 11.6 Å². The lowest BCUT2D eigenvalue weighted by Gasteiger charge is -2.26. The highest BCUT2D eigenvalue weighted by Gasteiger charge is 2.29. The van der Waals surface area contributed by atoms with Crippen molar-refractivity contribution in [1.29, 1.82) is 0 Å². The summed E-state index contributed by atoms with van der Waals surface area (Å²) in [6.07, 6.45) is 0. The summed E-state index contributed by atoms with van der Waals surface area (Å²) in [4.78, 5) is 12.9. The van der Waals surface area contributed by atoms with Crippen molar-refractivity contribution >= 4 is 33.2 Å². The van der Waals surface area contributed by atoms with Crippen LogP contribution in [-0.4, -0.2) is 34.8 Å². The van der Waals surface area contributed by atoms with E-state index < -0.39 is 22.5 Å². The van der Waals surface area contributed by atoms with Crippen LogP contribution in [0.2, 0.25) is 5.02 Å². The van der Waals surface area contributed by atoms with E-state index in [-0.39, 0.29) is 29.7 Å². The molecular formula is C24H23ClN2O6S. The Labute approximate surface area is 203 Å². The van der Waals surface area contributed by atoms with E-state index in [0.717, 1.165) is 15.4 Å². The average molecular weight is 503 g/mol. The smallest absolute Gasteiger partial charge is 0.264 e. The minimum Gasteiger partial charge on any atom is -0.495 e. The van der Waals surface area contributed by atoms with Crippen LogP contribution < -0.4 is 23.8 Å². The van der Waals surface area contributed by atoms with Crippen LogP contribution in [0.15, 0.2) is 65.6 Å². The van der Waals surface area contributed by atoms with Gasteiger partial charge in [0.1, 0.15) is 12.3 Å². The van der Waals surface area contributed by atoms with Crippen LogP contribution in [0.1, 0.15) is 11.1 Å². The lowest BCUT2D eigenvalue weighted by atomic mass is 10.2. The molecule has 8 nitrogen and oxygen atoms in total. The number of aryl methyl sites for hydroxylation is 1. The van der Waals surface area contributed by atoms with Gasteiger partial charge in [-0.05, 0) is 55.0 Å². The maximum absolute atomic E-state index is 13.6. The number of hydrogen-bond acceptors (Lipinski definition) is 6. The van der Waals surface area contributed by atoms with Crippen molar-refractivity contribution < 1.29 is 27.4 Å². The summed E-state index contributed by atoms with van der Waals surface area (Å²) >= 11 is 6.16. The summed E-state index contributed by atoms with van der Waals surface area (Å²) in [6.45, 7) is 1.72. The molecule has 0 unspecified atom stereocenters. The molecule has 0 aromatic heterocycles. The number of sulfonamides is 1. The Kier molecular flexibility index (Phi) is 6.85. The van der Waals surface area contributed by atoms with Crippen LogP contribution in [-0.2, 0) is 21.4 Å². The first kappa shape index (κ1) is 23.7. The fraction of sp³-hybridized carbons (Fsp3) is 0.208. The number of methoxy groups -OCH3 is 1. The fourth-order valence-electron chi connectivity index (χ4n) is 3.43. The summed E-state index contributed by atoms with van der Waals surface area (Å²) < 4.78 is 44.2. The second kappa shape index (κ2) is 9.82. The molecule has 0 aliphatic carbocycles. The normalized spacial score (nSPS) is 12.3. The predicted molar refractivity (Wildman–Crippen MR) is 128 cm³/mol. The first-order valence-corrected chi connectivity index (χ1v) is 12.2. The van der Waals surface area contributed by atoms with Gasteiger partial charge in [-0.15, -0.1) is 0 Å². The summed E-state index contributed by atoms with van der Waals surface area (Å²) in [7, 11) is -2.69. The number of hydrogen-bond donors (Lipinski definition) is 1. The van der Waals surface area contributed by atoms with Gasteiger partial charge in [0.25, 0.3) is 10.0 Å². The number of ether oxygens (including phenoxy) is 3. The largest absolute Gasteiger partial charge is 0.495 e. The zero-order valence-electron chi connectivity index (χ0n) is 18.6. The molecular weight excluding hydrogens is 480 g/mol. The van der Waals surface area contributed by atoms with Gasteiger partial charge in [0.15, 0.2) is 11.5 Å². The van der Waals surface area contributed by atoms with E-state index in [1.165, 1.54) is 25.3 Å². The Morgan fingerprint density at radius 1 is 1.06 bits per heavy atom. The molecule has 0 fully saturated rings. The number of halogens is 1. The van der Waals surface area contributed by atoms with E-state index in [0.29, 0.717) is 16.5 Å². The number of carbonyl (C=O) groups excluding carboxylic acids is 1. The topological polar surface area (TPSA) is 94.2 Å². The molecule has 1 aliphatic heterocycles. The Morgan fingerprint density at radius 3 is 2.53 bits per heavy atom. The van der Waals surface area contributed by atoms with Crippen LogP contribution >= 0.6 is 11.6 Å². The molecule has 178 valence electrons. The summed E-state index contributed by atoms with van der Waals surface area (Å²) in [6, 6.07) is 16.3. The number of nitrogens with zero attached hydrogens (tertiary/aromatic N) is 1. The van der Waals surface area contributed by atoms with Gasteiger partial charge in [-0.3, -0.25) is 9.10 Å². The summed E-state index contributed by atoms with van der Waals surface area (Å²) in [5, 5.41) is 3.07. The van der Waals surface area contributed by atoms with Crippen molar-refractivity contribution in [2.45, 2.75) is 18.4 Å². The van der Waals surface area contributed by atoms with E-state index in [1.807, 2.05) is 6.92 Å². The van der Waals surface area contributed by atoms with Crippen molar-refractivity contribution in [2.24, 2.45) is 0 Å². The van der Waals surface area contributed by atoms with E-state index in [9.17, 15) is 13.2 Å². The molecule has 0 saturated heterocycles. The van der Waals surface area contributed by atoms with Gasteiger partial charge in [-0.25, -0.2) is 8.42 Å². The molecule has 0 atom stereocenters. The molecule has 1 N–H and O–H groups in total. The molecule has 4 rings (SSSR count). The highest BCUT2D eigenvalue weighted by Crippen LogP contribution is 2.35. The van der Waals surface area contributed by atoms with Gasteiger partial charge in [0.05, 0.1) is 17.7 Å². The van der Waals surface area contributed by atoms with Gasteiger partial charge in [-0.1, -0.05) is 35.4 Å². The summed E-state index contributed by atoms with van der Waals surface area (Å²) in [5.74, 6) is 0.997. The number of amides is 1. The Hall–Kier alpha value is -3.43. The Balaban J connectivity index is 1.61. The van der Waals surface area contributed by atoms with Crippen LogP contribution in [0.3, 0.4) is 0 Å². The number of carbonyl (C=O) groups is 1. The van der Waals surface area contributed by atoms with E-state index in [2.05, 4.69) is 5.32 Å². The maximum Gasteiger partial charge on any atom is 0.264 e. The third-order valence-electron chi connectivity index (χ3n) is 5.23. The second-order valence-electron chi connectivity index (χ2n) is 7.61. The number of rotatable bonds is 8. The fourth-order valence-corrected chi connectivity index (χ4v) is 5.02.